The minimum atomic E-state index is 0.0416. The molecule has 22 heavy (non-hydrogen) atoms. The Morgan fingerprint density at radius 2 is 1.41 bits per heavy atom. The third-order valence-corrected chi connectivity index (χ3v) is 3.42. The van der Waals surface area contributed by atoms with Crippen molar-refractivity contribution in [2.45, 2.75) is 0 Å². The first-order valence-electron chi connectivity index (χ1n) is 6.88. The molecule has 0 atom stereocenters. The Bertz CT molecular complexity index is 801. The predicted octanol–water partition coefficient (Wildman–Crippen LogP) is 4.09. The molecule has 0 amide bonds. The summed E-state index contributed by atoms with van der Waals surface area (Å²) in [5.74, 6) is 0.0917. The molecule has 0 saturated carbocycles. The van der Waals surface area contributed by atoms with Crippen LogP contribution in [0.5, 0.6) is 11.5 Å². The second-order valence-electron chi connectivity index (χ2n) is 4.96. The number of anilines is 3. The molecule has 0 fully saturated rings. The molecule has 4 nitrogen and oxygen atoms in total. The second kappa shape index (κ2) is 5.69. The number of para-hydroxylation sites is 2. The minimum Gasteiger partial charge on any atom is -0.507 e. The van der Waals surface area contributed by atoms with E-state index in [1.807, 2.05) is 42.5 Å². The third kappa shape index (κ3) is 2.67. The number of rotatable bonds is 3. The largest absolute Gasteiger partial charge is 0.507 e. The number of phenols is 2. The van der Waals surface area contributed by atoms with Crippen LogP contribution in [0.4, 0.5) is 17.1 Å². The summed E-state index contributed by atoms with van der Waals surface area (Å²) < 4.78 is 0. The van der Waals surface area contributed by atoms with E-state index in [1.54, 1.807) is 12.1 Å². The molecule has 0 saturated heterocycles. The van der Waals surface area contributed by atoms with Crippen LogP contribution in [0.1, 0.15) is 0 Å². The lowest BCUT2D eigenvalue weighted by Crippen LogP contribution is -1.93. The van der Waals surface area contributed by atoms with Crippen molar-refractivity contribution in [3.63, 3.8) is 0 Å². The van der Waals surface area contributed by atoms with Crippen molar-refractivity contribution in [1.29, 1.82) is 0 Å². The molecule has 3 rings (SSSR count). The second-order valence-corrected chi connectivity index (χ2v) is 4.96. The lowest BCUT2D eigenvalue weighted by molar-refractivity contribution is 0.464. The molecule has 5 N–H and O–H groups in total. The molecule has 0 heterocycles. The Morgan fingerprint density at radius 3 is 2.14 bits per heavy atom. The van der Waals surface area contributed by atoms with E-state index < -0.39 is 0 Å². The van der Waals surface area contributed by atoms with Crippen LogP contribution in [-0.2, 0) is 0 Å². The van der Waals surface area contributed by atoms with E-state index in [9.17, 15) is 10.2 Å². The van der Waals surface area contributed by atoms with Crippen molar-refractivity contribution in [2.24, 2.45) is 0 Å². The van der Waals surface area contributed by atoms with Gasteiger partial charge in [-0.15, -0.1) is 0 Å². The first-order chi connectivity index (χ1) is 10.6. The van der Waals surface area contributed by atoms with Crippen LogP contribution < -0.4 is 11.1 Å². The van der Waals surface area contributed by atoms with E-state index in [0.717, 1.165) is 5.69 Å². The lowest BCUT2D eigenvalue weighted by Gasteiger charge is -2.13. The summed E-state index contributed by atoms with van der Waals surface area (Å²) in [6.45, 7) is 0. The quantitative estimate of drug-likeness (QED) is 0.333. The molecule has 110 valence electrons. The Kier molecular flexibility index (Phi) is 3.58. The molecule has 0 aromatic heterocycles. The molecule has 4 heteroatoms. The Hall–Kier alpha value is -3.14. The van der Waals surface area contributed by atoms with Crippen LogP contribution in [0.25, 0.3) is 11.1 Å². The fourth-order valence-corrected chi connectivity index (χ4v) is 2.31. The van der Waals surface area contributed by atoms with E-state index >= 15 is 0 Å². The molecule has 3 aromatic carbocycles. The number of phenolic OH excluding ortho intramolecular Hbond substituents is 2. The van der Waals surface area contributed by atoms with Crippen molar-refractivity contribution in [3.05, 3.63) is 66.7 Å². The van der Waals surface area contributed by atoms with Crippen molar-refractivity contribution in [1.82, 2.24) is 0 Å². The highest BCUT2D eigenvalue weighted by Gasteiger charge is 2.12. The van der Waals surface area contributed by atoms with Crippen molar-refractivity contribution in [2.75, 3.05) is 11.1 Å². The van der Waals surface area contributed by atoms with Gasteiger partial charge in [-0.05, 0) is 24.3 Å². The number of nitrogen functional groups attached to an aromatic ring is 1. The van der Waals surface area contributed by atoms with Gasteiger partial charge in [0, 0.05) is 28.6 Å². The molecule has 0 aliphatic carbocycles. The standard InChI is InChI=1S/C18H16N2O2/c19-15-9-5-4-8-13(15)14-10-18(22)16(11-17(14)21)20-12-6-2-1-3-7-12/h1-11,20-22H,19H2. The number of nitrogens with one attached hydrogen (secondary N) is 1. The highest BCUT2D eigenvalue weighted by atomic mass is 16.3. The van der Waals surface area contributed by atoms with E-state index in [1.165, 1.54) is 12.1 Å². The van der Waals surface area contributed by atoms with Gasteiger partial charge in [-0.2, -0.15) is 0 Å². The SMILES string of the molecule is Nc1ccccc1-c1cc(O)c(Nc2ccccc2)cc1O. The van der Waals surface area contributed by atoms with Crippen molar-refractivity contribution < 1.29 is 10.2 Å². The molecular weight excluding hydrogens is 276 g/mol. The number of hydrogen-bond acceptors (Lipinski definition) is 4. The van der Waals surface area contributed by atoms with Crippen LogP contribution in [0, 0.1) is 0 Å². The Morgan fingerprint density at radius 1 is 0.727 bits per heavy atom. The zero-order valence-electron chi connectivity index (χ0n) is 11.8. The zero-order valence-corrected chi connectivity index (χ0v) is 11.8. The predicted molar refractivity (Wildman–Crippen MR) is 89.3 cm³/mol. The fourth-order valence-electron chi connectivity index (χ4n) is 2.31. The van der Waals surface area contributed by atoms with Gasteiger partial charge in [0.05, 0.1) is 5.69 Å². The van der Waals surface area contributed by atoms with E-state index in [0.29, 0.717) is 22.5 Å². The van der Waals surface area contributed by atoms with E-state index in [4.69, 9.17) is 5.73 Å². The van der Waals surface area contributed by atoms with Gasteiger partial charge in [-0.1, -0.05) is 36.4 Å². The normalized spacial score (nSPS) is 10.4. The molecule has 0 aliphatic heterocycles. The summed E-state index contributed by atoms with van der Waals surface area (Å²) >= 11 is 0. The number of aromatic hydroxyl groups is 2. The van der Waals surface area contributed by atoms with Crippen LogP contribution >= 0.6 is 0 Å². The summed E-state index contributed by atoms with van der Waals surface area (Å²) in [4.78, 5) is 0. The highest BCUT2D eigenvalue weighted by molar-refractivity contribution is 5.84. The van der Waals surface area contributed by atoms with Crippen LogP contribution in [0.15, 0.2) is 66.7 Å². The van der Waals surface area contributed by atoms with Gasteiger partial charge < -0.3 is 21.3 Å². The Balaban J connectivity index is 2.00. The molecule has 0 radical (unpaired) electrons. The number of hydrogen-bond donors (Lipinski definition) is 4. The average molecular weight is 292 g/mol. The maximum atomic E-state index is 10.3. The van der Waals surface area contributed by atoms with Crippen LogP contribution in [0.2, 0.25) is 0 Å². The maximum absolute atomic E-state index is 10.3. The molecule has 3 aromatic rings. The van der Waals surface area contributed by atoms with Crippen LogP contribution in [-0.4, -0.2) is 10.2 Å². The summed E-state index contributed by atoms with van der Waals surface area (Å²) in [5, 5.41) is 23.5. The van der Waals surface area contributed by atoms with E-state index in [2.05, 4.69) is 5.32 Å². The number of nitrogens with two attached hydrogens (primary N) is 1. The van der Waals surface area contributed by atoms with E-state index in [-0.39, 0.29) is 11.5 Å². The smallest absolute Gasteiger partial charge is 0.139 e. The topological polar surface area (TPSA) is 78.5 Å². The molecular formula is C18H16N2O2. The zero-order chi connectivity index (χ0) is 15.5. The summed E-state index contributed by atoms with van der Waals surface area (Å²) in [7, 11) is 0. The van der Waals surface area contributed by atoms with Crippen molar-refractivity contribution >= 4 is 17.1 Å². The minimum absolute atomic E-state index is 0.0416. The molecule has 0 bridgehead atoms. The fraction of sp³-hybridized carbons (Fsp3) is 0. The maximum Gasteiger partial charge on any atom is 0.139 e. The van der Waals surface area contributed by atoms with Gasteiger partial charge in [0.25, 0.3) is 0 Å². The van der Waals surface area contributed by atoms with Gasteiger partial charge in [-0.3, -0.25) is 0 Å². The highest BCUT2D eigenvalue weighted by Crippen LogP contribution is 2.40. The summed E-state index contributed by atoms with van der Waals surface area (Å²) in [6.07, 6.45) is 0. The van der Waals surface area contributed by atoms with Crippen LogP contribution in [0.3, 0.4) is 0 Å². The lowest BCUT2D eigenvalue weighted by atomic mass is 10.0. The average Bonchev–Trinajstić information content (AvgIpc) is 2.52. The summed E-state index contributed by atoms with van der Waals surface area (Å²) in [6, 6.07) is 19.6. The third-order valence-electron chi connectivity index (χ3n) is 3.42. The summed E-state index contributed by atoms with van der Waals surface area (Å²) in [5.41, 5.74) is 8.90. The molecule has 0 aliphatic rings. The van der Waals surface area contributed by atoms with Gasteiger partial charge in [0.2, 0.25) is 0 Å². The van der Waals surface area contributed by atoms with Gasteiger partial charge in [0.1, 0.15) is 11.5 Å². The van der Waals surface area contributed by atoms with Crippen molar-refractivity contribution in [3.8, 4) is 22.6 Å². The molecule has 0 unspecified atom stereocenters. The first kappa shape index (κ1) is 13.8. The number of benzene rings is 3. The Labute approximate surface area is 128 Å². The first-order valence-corrected chi connectivity index (χ1v) is 6.88. The monoisotopic (exact) mass is 292 g/mol. The van der Waals surface area contributed by atoms with Gasteiger partial charge in [-0.25, -0.2) is 0 Å². The molecule has 0 spiro atoms. The van der Waals surface area contributed by atoms with Gasteiger partial charge >= 0.3 is 0 Å². The van der Waals surface area contributed by atoms with Gasteiger partial charge in [0.15, 0.2) is 0 Å².